The van der Waals surface area contributed by atoms with Crippen molar-refractivity contribution in [2.24, 2.45) is 0 Å². The summed E-state index contributed by atoms with van der Waals surface area (Å²) in [6.45, 7) is 4.25. The van der Waals surface area contributed by atoms with Crippen LogP contribution in [0.1, 0.15) is 19.8 Å². The van der Waals surface area contributed by atoms with Crippen LogP contribution in [0.3, 0.4) is 0 Å². The van der Waals surface area contributed by atoms with Crippen molar-refractivity contribution < 1.29 is 13.7 Å². The highest BCUT2D eigenvalue weighted by Gasteiger charge is 2.15. The summed E-state index contributed by atoms with van der Waals surface area (Å²) < 4.78 is 16.3. The fraction of sp³-hybridized carbons (Fsp3) is 0.909. The van der Waals surface area contributed by atoms with Crippen LogP contribution in [-0.2, 0) is 20.3 Å². The minimum atomic E-state index is -0.842. The Bertz CT molecular complexity index is 267. The first-order valence-electron chi connectivity index (χ1n) is 5.99. The van der Waals surface area contributed by atoms with Gasteiger partial charge >= 0.3 is 0 Å². The van der Waals surface area contributed by atoms with Crippen LogP contribution in [0.2, 0.25) is 0 Å². The second kappa shape index (κ2) is 7.79. The first kappa shape index (κ1) is 14.6. The predicted molar refractivity (Wildman–Crippen MR) is 68.4 cm³/mol. The minimum Gasteiger partial charge on any atom is -0.381 e. The summed E-state index contributed by atoms with van der Waals surface area (Å²) in [6.07, 6.45) is 3.46. The summed E-state index contributed by atoms with van der Waals surface area (Å²) in [5.74, 6) is 0.00554. The highest BCUT2D eigenvalue weighted by molar-refractivity contribution is 7.84. The zero-order chi connectivity index (χ0) is 12.7. The molecule has 6 heteroatoms. The molecule has 1 heterocycles. The van der Waals surface area contributed by atoms with Crippen molar-refractivity contribution in [1.82, 2.24) is 10.6 Å². The Morgan fingerprint density at radius 1 is 1.47 bits per heavy atom. The summed E-state index contributed by atoms with van der Waals surface area (Å²) in [5, 5.41) is 6.06. The van der Waals surface area contributed by atoms with E-state index in [1.165, 1.54) is 0 Å². The van der Waals surface area contributed by atoms with Crippen LogP contribution in [0.5, 0.6) is 0 Å². The van der Waals surface area contributed by atoms with Crippen molar-refractivity contribution in [2.75, 3.05) is 32.6 Å². The standard InChI is InChI=1S/C11H22N2O3S/c1-9(17(2)15)7-12-8-11(14)13-10-3-5-16-6-4-10/h9-10,12H,3-8H2,1-2H3,(H,13,14). The molecule has 0 aromatic rings. The number of carbonyl (C=O) groups is 1. The van der Waals surface area contributed by atoms with E-state index in [1.54, 1.807) is 6.26 Å². The summed E-state index contributed by atoms with van der Waals surface area (Å²) in [4.78, 5) is 11.6. The molecule has 0 saturated carbocycles. The number of rotatable bonds is 6. The number of amides is 1. The van der Waals surface area contributed by atoms with Crippen LogP contribution in [0.25, 0.3) is 0 Å². The van der Waals surface area contributed by atoms with Crippen molar-refractivity contribution in [1.29, 1.82) is 0 Å². The Hall–Kier alpha value is -0.460. The van der Waals surface area contributed by atoms with Crippen molar-refractivity contribution in [2.45, 2.75) is 31.1 Å². The molecule has 0 radical (unpaired) electrons. The van der Waals surface area contributed by atoms with Crippen LogP contribution >= 0.6 is 0 Å². The molecule has 2 atom stereocenters. The molecule has 1 fully saturated rings. The van der Waals surface area contributed by atoms with Crippen LogP contribution in [0.4, 0.5) is 0 Å². The van der Waals surface area contributed by atoms with E-state index in [4.69, 9.17) is 4.74 Å². The largest absolute Gasteiger partial charge is 0.381 e. The molecule has 1 amide bonds. The van der Waals surface area contributed by atoms with Gasteiger partial charge in [0.15, 0.2) is 0 Å². The molecule has 17 heavy (non-hydrogen) atoms. The van der Waals surface area contributed by atoms with Crippen molar-refractivity contribution >= 4 is 16.7 Å². The normalized spacial score (nSPS) is 20.8. The predicted octanol–water partition coefficient (Wildman–Crippen LogP) is -0.362. The Morgan fingerprint density at radius 2 is 2.12 bits per heavy atom. The molecule has 1 aliphatic heterocycles. The van der Waals surface area contributed by atoms with Crippen molar-refractivity contribution in [3.05, 3.63) is 0 Å². The van der Waals surface area contributed by atoms with E-state index in [-0.39, 0.29) is 17.2 Å². The molecule has 2 N–H and O–H groups in total. The molecule has 5 nitrogen and oxygen atoms in total. The molecular weight excluding hydrogens is 240 g/mol. The van der Waals surface area contributed by atoms with Gasteiger partial charge in [0.05, 0.1) is 6.54 Å². The summed E-state index contributed by atoms with van der Waals surface area (Å²) >= 11 is 0. The van der Waals surface area contributed by atoms with Gasteiger partial charge in [-0.25, -0.2) is 0 Å². The van der Waals surface area contributed by atoms with Gasteiger partial charge in [-0.05, 0) is 19.8 Å². The van der Waals surface area contributed by atoms with E-state index in [1.807, 2.05) is 6.92 Å². The van der Waals surface area contributed by atoms with Crippen molar-refractivity contribution in [3.8, 4) is 0 Å². The first-order valence-corrected chi connectivity index (χ1v) is 7.61. The van der Waals surface area contributed by atoms with Gasteiger partial charge in [-0.15, -0.1) is 0 Å². The Balaban J connectivity index is 2.10. The van der Waals surface area contributed by atoms with Crippen LogP contribution in [-0.4, -0.2) is 54.0 Å². The van der Waals surface area contributed by atoms with E-state index < -0.39 is 10.8 Å². The smallest absolute Gasteiger partial charge is 0.234 e. The third-order valence-electron chi connectivity index (χ3n) is 2.87. The fourth-order valence-electron chi connectivity index (χ4n) is 1.63. The lowest BCUT2D eigenvalue weighted by molar-refractivity contribution is -0.121. The number of hydrogen-bond acceptors (Lipinski definition) is 4. The second-order valence-electron chi connectivity index (χ2n) is 4.39. The maximum absolute atomic E-state index is 11.6. The van der Waals surface area contributed by atoms with Crippen LogP contribution < -0.4 is 10.6 Å². The van der Waals surface area contributed by atoms with E-state index in [0.29, 0.717) is 13.1 Å². The lowest BCUT2D eigenvalue weighted by Crippen LogP contribution is -2.44. The number of nitrogens with one attached hydrogen (secondary N) is 2. The Morgan fingerprint density at radius 3 is 2.71 bits per heavy atom. The number of carbonyl (C=O) groups excluding carboxylic acids is 1. The van der Waals surface area contributed by atoms with E-state index >= 15 is 0 Å². The fourth-order valence-corrected chi connectivity index (χ4v) is 1.98. The minimum absolute atomic E-state index is 0.00554. The molecule has 1 rings (SSSR count). The van der Waals surface area contributed by atoms with Crippen LogP contribution in [0, 0.1) is 0 Å². The quantitative estimate of drug-likeness (QED) is 0.686. The zero-order valence-corrected chi connectivity index (χ0v) is 11.3. The van der Waals surface area contributed by atoms with Gasteiger partial charge in [0.1, 0.15) is 0 Å². The Labute approximate surface area is 105 Å². The van der Waals surface area contributed by atoms with Gasteiger partial charge in [0.2, 0.25) is 5.91 Å². The van der Waals surface area contributed by atoms with Gasteiger partial charge in [0.25, 0.3) is 0 Å². The van der Waals surface area contributed by atoms with Gasteiger partial charge in [-0.3, -0.25) is 9.00 Å². The lowest BCUT2D eigenvalue weighted by atomic mass is 10.1. The number of ether oxygens (including phenoxy) is 1. The highest BCUT2D eigenvalue weighted by Crippen LogP contribution is 2.05. The van der Waals surface area contributed by atoms with Gasteiger partial charge in [-0.1, -0.05) is 0 Å². The van der Waals surface area contributed by atoms with Gasteiger partial charge in [-0.2, -0.15) is 0 Å². The van der Waals surface area contributed by atoms with E-state index in [0.717, 1.165) is 26.1 Å². The highest BCUT2D eigenvalue weighted by atomic mass is 32.2. The SMILES string of the molecule is CC(CNCC(=O)NC1CCOCC1)S(C)=O. The summed E-state index contributed by atoms with van der Waals surface area (Å²) in [5.41, 5.74) is 0. The molecular formula is C11H22N2O3S. The van der Waals surface area contributed by atoms with Crippen molar-refractivity contribution in [3.63, 3.8) is 0 Å². The van der Waals surface area contributed by atoms with E-state index in [2.05, 4.69) is 10.6 Å². The van der Waals surface area contributed by atoms with Gasteiger partial charge < -0.3 is 15.4 Å². The maximum atomic E-state index is 11.6. The monoisotopic (exact) mass is 262 g/mol. The maximum Gasteiger partial charge on any atom is 0.234 e. The molecule has 100 valence electrons. The Kier molecular flexibility index (Phi) is 6.69. The average molecular weight is 262 g/mol. The summed E-state index contributed by atoms with van der Waals surface area (Å²) in [6, 6.07) is 0.246. The van der Waals surface area contributed by atoms with Crippen LogP contribution in [0.15, 0.2) is 0 Å². The topological polar surface area (TPSA) is 67.4 Å². The molecule has 1 aliphatic rings. The molecule has 0 aromatic carbocycles. The molecule has 2 unspecified atom stereocenters. The average Bonchev–Trinajstić information content (AvgIpc) is 2.30. The zero-order valence-electron chi connectivity index (χ0n) is 10.5. The molecule has 0 aliphatic carbocycles. The molecule has 0 aromatic heterocycles. The van der Waals surface area contributed by atoms with Gasteiger partial charge in [0, 0.05) is 48.1 Å². The third kappa shape index (κ3) is 6.14. The third-order valence-corrected chi connectivity index (χ3v) is 4.17. The lowest BCUT2D eigenvalue weighted by Gasteiger charge is -2.23. The second-order valence-corrected chi connectivity index (χ2v) is 6.20. The molecule has 0 spiro atoms. The molecule has 0 bridgehead atoms. The van der Waals surface area contributed by atoms with E-state index in [9.17, 15) is 9.00 Å². The first-order chi connectivity index (χ1) is 8.09. The number of hydrogen-bond donors (Lipinski definition) is 2. The summed E-state index contributed by atoms with van der Waals surface area (Å²) in [7, 11) is -0.842. The molecule has 1 saturated heterocycles.